The van der Waals surface area contributed by atoms with E-state index in [2.05, 4.69) is 29.1 Å². The lowest BCUT2D eigenvalue weighted by atomic mass is 9.71. The Bertz CT molecular complexity index is 1170. The van der Waals surface area contributed by atoms with E-state index in [1.54, 1.807) is 33.7 Å². The number of rotatable bonds is 13. The van der Waals surface area contributed by atoms with Crippen LogP contribution in [0.2, 0.25) is 0 Å². The van der Waals surface area contributed by atoms with Crippen LogP contribution >= 0.6 is 27.7 Å². The largest absolute Gasteiger partial charge is 0.465 e. The summed E-state index contributed by atoms with van der Waals surface area (Å²) in [6.07, 6.45) is 6.19. The summed E-state index contributed by atoms with van der Waals surface area (Å²) in [5, 5.41) is 10.4. The van der Waals surface area contributed by atoms with Crippen LogP contribution < -0.4 is 4.90 Å². The number of benzene rings is 1. The first-order valence-electron chi connectivity index (χ1n) is 14.6. The maximum absolute atomic E-state index is 14.9. The van der Waals surface area contributed by atoms with E-state index in [-0.39, 0.29) is 53.5 Å². The molecule has 1 spiro atoms. The lowest BCUT2D eigenvalue weighted by Crippen LogP contribution is -2.59. The van der Waals surface area contributed by atoms with Crippen LogP contribution in [0.4, 0.5) is 5.69 Å². The second kappa shape index (κ2) is 13.0. The number of amides is 2. The van der Waals surface area contributed by atoms with Gasteiger partial charge in [0.25, 0.3) is 5.91 Å². The lowest BCUT2D eigenvalue weighted by Gasteiger charge is -2.41. The van der Waals surface area contributed by atoms with E-state index in [1.807, 2.05) is 45.9 Å². The average Bonchev–Trinajstić information content (AvgIpc) is 3.54. The summed E-state index contributed by atoms with van der Waals surface area (Å²) >= 11 is 5.40. The van der Waals surface area contributed by atoms with Gasteiger partial charge in [-0.25, -0.2) is 0 Å². The monoisotopic (exact) mass is 646 g/mol. The van der Waals surface area contributed by atoms with Crippen molar-refractivity contribution in [1.29, 1.82) is 0 Å². The van der Waals surface area contributed by atoms with E-state index >= 15 is 0 Å². The van der Waals surface area contributed by atoms with Crippen molar-refractivity contribution in [3.05, 3.63) is 54.6 Å². The van der Waals surface area contributed by atoms with Crippen LogP contribution in [0.15, 0.2) is 43.5 Å². The maximum Gasteiger partial charge on any atom is 0.310 e. The number of hydrogen-bond donors (Lipinski definition) is 1. The quantitative estimate of drug-likeness (QED) is 0.137. The Morgan fingerprint density at radius 1 is 1.29 bits per heavy atom. The molecule has 3 aliphatic rings. The van der Waals surface area contributed by atoms with Crippen molar-refractivity contribution in [2.45, 2.75) is 80.3 Å². The normalized spacial score (nSPS) is 29.7. The molecule has 3 unspecified atom stereocenters. The molecule has 3 aliphatic heterocycles. The molecule has 0 radical (unpaired) electrons. The summed E-state index contributed by atoms with van der Waals surface area (Å²) in [5.74, 6) is -2.23. The predicted octanol–water partition coefficient (Wildman–Crippen LogP) is 5.20. The molecule has 0 aromatic heterocycles. The number of ether oxygens (including phenoxy) is 1. The van der Waals surface area contributed by atoms with Gasteiger partial charge in [-0.3, -0.25) is 14.4 Å². The molecule has 2 bridgehead atoms. The topological polar surface area (TPSA) is 87.2 Å². The Labute approximate surface area is 256 Å². The van der Waals surface area contributed by atoms with Gasteiger partial charge >= 0.3 is 5.97 Å². The van der Waals surface area contributed by atoms with Gasteiger partial charge in [0.2, 0.25) is 5.91 Å². The van der Waals surface area contributed by atoms with Gasteiger partial charge < -0.3 is 19.6 Å². The van der Waals surface area contributed by atoms with Crippen LogP contribution in [0.25, 0.3) is 0 Å². The number of unbranched alkanes of at least 4 members (excludes halogenated alkanes) is 1. The zero-order chi connectivity index (χ0) is 30.1. The molecule has 1 aromatic rings. The van der Waals surface area contributed by atoms with Crippen molar-refractivity contribution in [2.75, 3.05) is 24.7 Å². The number of carbonyl (C=O) groups is 3. The molecule has 3 fully saturated rings. The van der Waals surface area contributed by atoms with Gasteiger partial charge in [-0.15, -0.1) is 24.9 Å². The Hall–Kier alpha value is -2.10. The summed E-state index contributed by atoms with van der Waals surface area (Å²) in [5.41, 5.74) is 2.71. The van der Waals surface area contributed by atoms with Crippen LogP contribution in [-0.4, -0.2) is 74.5 Å². The molecule has 9 heteroatoms. The number of aliphatic hydroxyl groups is 1. The van der Waals surface area contributed by atoms with Crippen LogP contribution in [0.3, 0.4) is 0 Å². The molecule has 3 heterocycles. The standard InChI is InChI=1S/C32H43BrN2O5S/c1-7-10-11-16-40-31(39)24-25-29(37)35(23(18-36)19(4)9-3)28(32(25)17-22(33)27(24)41-32)30(38)34(15-8-2)26-20(5)13-12-14-21(26)6/h7-8,12-14,19,22-25,27-28,36H,1-2,9-11,15-18H2,3-6H3/t19-,22?,23-,24+,25-,27+,28?,32?/m0/s1. The number of allylic oxidation sites excluding steroid dienone is 1. The summed E-state index contributed by atoms with van der Waals surface area (Å²) in [6.45, 7) is 15.9. The van der Waals surface area contributed by atoms with Crippen LogP contribution in [-0.2, 0) is 19.1 Å². The first-order chi connectivity index (χ1) is 19.6. The molecule has 0 aliphatic carbocycles. The van der Waals surface area contributed by atoms with Crippen molar-refractivity contribution >= 4 is 51.2 Å². The van der Waals surface area contributed by atoms with E-state index in [4.69, 9.17) is 4.74 Å². The van der Waals surface area contributed by atoms with Gasteiger partial charge in [0, 0.05) is 22.3 Å². The third-order valence-electron chi connectivity index (χ3n) is 9.16. The molecule has 3 saturated heterocycles. The molecule has 2 amide bonds. The van der Waals surface area contributed by atoms with E-state index in [9.17, 15) is 19.5 Å². The van der Waals surface area contributed by atoms with E-state index in [0.29, 0.717) is 12.8 Å². The van der Waals surface area contributed by atoms with E-state index in [0.717, 1.165) is 29.7 Å². The number of esters is 1. The SMILES string of the molecule is C=CCCCOC(=O)[C@H]1[C@@H]2SC3(CC2Br)C(C(=O)N(CC=C)c2c(C)cccc2C)N([C@@H](CO)[C@@H](C)CC)C(=O)[C@H]13. The third-order valence-corrected chi connectivity index (χ3v) is 12.4. The van der Waals surface area contributed by atoms with Crippen molar-refractivity contribution in [1.82, 2.24) is 4.90 Å². The molecule has 7 nitrogen and oxygen atoms in total. The van der Waals surface area contributed by atoms with Crippen LogP contribution in [0.1, 0.15) is 50.7 Å². The summed E-state index contributed by atoms with van der Waals surface area (Å²) in [4.78, 5) is 46.4. The smallest absolute Gasteiger partial charge is 0.310 e. The van der Waals surface area contributed by atoms with Crippen molar-refractivity contribution in [3.63, 3.8) is 0 Å². The number of thioether (sulfide) groups is 1. The number of nitrogens with zero attached hydrogens (tertiary/aromatic N) is 2. The first-order valence-corrected chi connectivity index (χ1v) is 16.4. The number of alkyl halides is 1. The molecule has 41 heavy (non-hydrogen) atoms. The van der Waals surface area contributed by atoms with Gasteiger partial charge in [-0.2, -0.15) is 0 Å². The van der Waals surface area contributed by atoms with Crippen molar-refractivity contribution in [2.24, 2.45) is 17.8 Å². The van der Waals surface area contributed by atoms with Gasteiger partial charge in [-0.1, -0.05) is 66.5 Å². The van der Waals surface area contributed by atoms with Crippen molar-refractivity contribution in [3.8, 4) is 0 Å². The lowest BCUT2D eigenvalue weighted by molar-refractivity contribution is -0.154. The zero-order valence-electron chi connectivity index (χ0n) is 24.6. The Kier molecular flexibility index (Phi) is 10.1. The summed E-state index contributed by atoms with van der Waals surface area (Å²) in [6, 6.07) is 4.51. The summed E-state index contributed by atoms with van der Waals surface area (Å²) in [7, 11) is 0. The Morgan fingerprint density at radius 3 is 2.56 bits per heavy atom. The second-order valence-electron chi connectivity index (χ2n) is 11.6. The molecule has 1 N–H and O–H groups in total. The highest BCUT2D eigenvalue weighted by molar-refractivity contribution is 9.09. The average molecular weight is 648 g/mol. The number of aliphatic hydroxyl groups excluding tert-OH is 1. The minimum Gasteiger partial charge on any atom is -0.465 e. The number of para-hydroxylation sites is 1. The van der Waals surface area contributed by atoms with Crippen LogP contribution in [0.5, 0.6) is 0 Å². The predicted molar refractivity (Wildman–Crippen MR) is 168 cm³/mol. The van der Waals surface area contributed by atoms with E-state index < -0.39 is 28.7 Å². The summed E-state index contributed by atoms with van der Waals surface area (Å²) < 4.78 is 4.88. The fraction of sp³-hybridized carbons (Fsp3) is 0.594. The first kappa shape index (κ1) is 31.8. The van der Waals surface area contributed by atoms with Gasteiger partial charge in [-0.05, 0) is 50.2 Å². The number of halogens is 1. The Morgan fingerprint density at radius 2 is 1.98 bits per heavy atom. The fourth-order valence-corrected chi connectivity index (χ4v) is 10.7. The third kappa shape index (κ3) is 5.42. The van der Waals surface area contributed by atoms with Gasteiger partial charge in [0.15, 0.2) is 0 Å². The number of carbonyl (C=O) groups excluding carboxylic acids is 3. The number of anilines is 1. The van der Waals surface area contributed by atoms with Crippen LogP contribution in [0, 0.1) is 31.6 Å². The molecular weight excluding hydrogens is 604 g/mol. The molecule has 0 saturated carbocycles. The number of aryl methyl sites for hydroxylation is 2. The fourth-order valence-electron chi connectivity index (χ4n) is 7.08. The molecule has 1 aromatic carbocycles. The zero-order valence-corrected chi connectivity index (χ0v) is 27.0. The van der Waals surface area contributed by atoms with Gasteiger partial charge in [0.1, 0.15) is 6.04 Å². The maximum atomic E-state index is 14.9. The molecule has 4 rings (SSSR count). The minimum atomic E-state index is -0.848. The van der Waals surface area contributed by atoms with E-state index in [1.165, 1.54) is 0 Å². The highest BCUT2D eigenvalue weighted by Crippen LogP contribution is 2.68. The number of fused-ring (bicyclic) bond motifs is 1. The molecule has 224 valence electrons. The molecular formula is C32H43BrN2O5S. The van der Waals surface area contributed by atoms with Crippen molar-refractivity contribution < 1.29 is 24.2 Å². The Balaban J connectivity index is 1.83. The number of hydrogen-bond acceptors (Lipinski definition) is 6. The second-order valence-corrected chi connectivity index (χ2v) is 14.3. The minimum absolute atomic E-state index is 0.0474. The molecule has 8 atom stereocenters. The highest BCUT2D eigenvalue weighted by Gasteiger charge is 2.77. The highest BCUT2D eigenvalue weighted by atomic mass is 79.9. The number of likely N-dealkylation sites (tertiary alicyclic amines) is 1. The van der Waals surface area contributed by atoms with Gasteiger partial charge in [0.05, 0.1) is 35.8 Å².